The molecule has 0 bridgehead atoms. The molecule has 0 aliphatic carbocycles. The fourth-order valence-electron chi connectivity index (χ4n) is 2.39. The molecular formula is C16H16ClN3O7. The van der Waals surface area contributed by atoms with Crippen LogP contribution in [-0.4, -0.2) is 42.1 Å². The minimum absolute atomic E-state index is 0.0343. The lowest BCUT2D eigenvalue weighted by Gasteiger charge is -2.26. The number of esters is 2. The number of amides is 2. The van der Waals surface area contributed by atoms with E-state index < -0.39 is 35.5 Å². The van der Waals surface area contributed by atoms with Crippen molar-refractivity contribution in [3.05, 3.63) is 50.2 Å². The number of benzene rings is 1. The van der Waals surface area contributed by atoms with Crippen molar-refractivity contribution in [2.24, 2.45) is 0 Å². The van der Waals surface area contributed by atoms with E-state index in [2.05, 4.69) is 10.6 Å². The van der Waals surface area contributed by atoms with E-state index in [4.69, 9.17) is 21.1 Å². The molecule has 11 heteroatoms. The van der Waals surface area contributed by atoms with Gasteiger partial charge in [-0.05, 0) is 19.9 Å². The van der Waals surface area contributed by atoms with Gasteiger partial charge in [0.25, 0.3) is 5.69 Å². The molecule has 10 nitrogen and oxygen atoms in total. The van der Waals surface area contributed by atoms with Crippen LogP contribution in [0.2, 0.25) is 5.02 Å². The van der Waals surface area contributed by atoms with Crippen LogP contribution < -0.4 is 10.6 Å². The molecule has 0 unspecified atom stereocenters. The highest BCUT2D eigenvalue weighted by atomic mass is 35.5. The van der Waals surface area contributed by atoms with Crippen LogP contribution in [0, 0.1) is 10.1 Å². The van der Waals surface area contributed by atoms with Crippen LogP contribution in [0.1, 0.15) is 24.2 Å². The molecule has 1 aliphatic rings. The molecule has 2 amide bonds. The molecular weight excluding hydrogens is 382 g/mol. The third-order valence-corrected chi connectivity index (χ3v) is 3.92. The molecule has 1 heterocycles. The number of non-ortho nitro benzene ring substituents is 1. The molecule has 0 saturated carbocycles. The van der Waals surface area contributed by atoms with Gasteiger partial charge in [0.05, 0.1) is 39.4 Å². The Labute approximate surface area is 158 Å². The molecule has 2 N–H and O–H groups in total. The van der Waals surface area contributed by atoms with Gasteiger partial charge in [-0.2, -0.15) is 0 Å². The molecule has 0 aromatic heterocycles. The van der Waals surface area contributed by atoms with Gasteiger partial charge in [0.15, 0.2) is 0 Å². The third-order valence-electron chi connectivity index (χ3n) is 3.59. The number of carbonyl (C=O) groups is 3. The minimum atomic E-state index is -0.945. The summed E-state index contributed by atoms with van der Waals surface area (Å²) in [5.41, 5.74) is -0.381. The molecule has 0 saturated heterocycles. The molecule has 0 spiro atoms. The number of ether oxygens (including phenoxy) is 2. The zero-order valence-corrected chi connectivity index (χ0v) is 15.2. The van der Waals surface area contributed by atoms with Crippen LogP contribution in [0.3, 0.4) is 0 Å². The van der Waals surface area contributed by atoms with Gasteiger partial charge in [-0.1, -0.05) is 11.6 Å². The topological polar surface area (TPSA) is 137 Å². The molecule has 27 heavy (non-hydrogen) atoms. The molecule has 144 valence electrons. The van der Waals surface area contributed by atoms with Crippen molar-refractivity contribution in [1.82, 2.24) is 10.6 Å². The van der Waals surface area contributed by atoms with Gasteiger partial charge < -0.3 is 20.1 Å². The number of nitro groups is 1. The largest absolute Gasteiger partial charge is 0.463 e. The highest BCUT2D eigenvalue weighted by Gasteiger charge is 2.30. The molecule has 1 aromatic rings. The van der Waals surface area contributed by atoms with Crippen LogP contribution in [0.4, 0.5) is 10.5 Å². The summed E-state index contributed by atoms with van der Waals surface area (Å²) in [6, 6.07) is 2.10. The predicted molar refractivity (Wildman–Crippen MR) is 93.2 cm³/mol. The van der Waals surface area contributed by atoms with Gasteiger partial charge in [-0.15, -0.1) is 0 Å². The Balaban J connectivity index is 2.24. The molecule has 1 aliphatic heterocycles. The summed E-state index contributed by atoms with van der Waals surface area (Å²) in [5.74, 6) is -1.61. The van der Waals surface area contributed by atoms with E-state index in [0.717, 1.165) is 12.1 Å². The summed E-state index contributed by atoms with van der Waals surface area (Å²) >= 11 is 5.89. The summed E-state index contributed by atoms with van der Waals surface area (Å²) in [4.78, 5) is 46.2. The summed E-state index contributed by atoms with van der Waals surface area (Å²) in [7, 11) is 0. The molecule has 1 atom stereocenters. The van der Waals surface area contributed by atoms with Crippen LogP contribution in [0.25, 0.3) is 0 Å². The van der Waals surface area contributed by atoms with Gasteiger partial charge in [0.2, 0.25) is 0 Å². The number of halogens is 1. The maximum Gasteiger partial charge on any atom is 0.340 e. The minimum Gasteiger partial charge on any atom is -0.463 e. The van der Waals surface area contributed by atoms with Crippen molar-refractivity contribution in [1.29, 1.82) is 0 Å². The number of urea groups is 1. The van der Waals surface area contributed by atoms with Crippen LogP contribution >= 0.6 is 11.6 Å². The quantitative estimate of drug-likeness (QED) is 0.425. The Morgan fingerprint density at radius 3 is 2.63 bits per heavy atom. The van der Waals surface area contributed by atoms with Gasteiger partial charge in [-0.25, -0.2) is 14.4 Å². The van der Waals surface area contributed by atoms with E-state index in [9.17, 15) is 24.5 Å². The molecule has 1 aromatic carbocycles. The van der Waals surface area contributed by atoms with Crippen LogP contribution in [0.5, 0.6) is 0 Å². The highest BCUT2D eigenvalue weighted by molar-refractivity contribution is 6.33. The van der Waals surface area contributed by atoms with Crippen molar-refractivity contribution in [2.45, 2.75) is 19.9 Å². The number of nitrogens with one attached hydrogen (secondary N) is 2. The number of rotatable bonds is 6. The lowest BCUT2D eigenvalue weighted by atomic mass is 10.0. The molecule has 2 rings (SSSR count). The van der Waals surface area contributed by atoms with Crippen molar-refractivity contribution in [3.63, 3.8) is 0 Å². The van der Waals surface area contributed by atoms with Crippen LogP contribution in [0.15, 0.2) is 29.5 Å². The number of hydrogen-bond donors (Lipinski definition) is 2. The number of carbonyl (C=O) groups excluding carboxylic acids is 3. The zero-order valence-electron chi connectivity index (χ0n) is 14.4. The van der Waals surface area contributed by atoms with E-state index in [1.54, 1.807) is 13.8 Å². The second kappa shape index (κ2) is 8.49. The lowest BCUT2D eigenvalue weighted by Crippen LogP contribution is -2.50. The van der Waals surface area contributed by atoms with E-state index >= 15 is 0 Å². The second-order valence-electron chi connectivity index (χ2n) is 5.43. The smallest absolute Gasteiger partial charge is 0.340 e. The second-order valence-corrected chi connectivity index (χ2v) is 5.84. The van der Waals surface area contributed by atoms with E-state index in [1.807, 2.05) is 0 Å². The van der Waals surface area contributed by atoms with Crippen LogP contribution in [-0.2, 0) is 14.3 Å². The van der Waals surface area contributed by atoms with Gasteiger partial charge in [0.1, 0.15) is 6.61 Å². The molecule has 0 radical (unpaired) electrons. The number of nitro benzene ring substituents is 1. The first-order valence-electron chi connectivity index (χ1n) is 7.83. The van der Waals surface area contributed by atoms with Crippen molar-refractivity contribution in [2.75, 3.05) is 13.2 Å². The first kappa shape index (κ1) is 20.2. The van der Waals surface area contributed by atoms with E-state index in [0.29, 0.717) is 0 Å². The van der Waals surface area contributed by atoms with Gasteiger partial charge in [-0.3, -0.25) is 10.1 Å². The van der Waals surface area contributed by atoms with Gasteiger partial charge >= 0.3 is 18.0 Å². The Kier molecular flexibility index (Phi) is 6.35. The predicted octanol–water partition coefficient (Wildman–Crippen LogP) is 1.92. The standard InChI is InChI=1S/C16H16ClN3O7/c1-3-26-15(22)13-8(2)18-16(23)19-12(13)7-27-14(21)10-6-9(20(24)25)4-5-11(10)17/h4-6,8H,3,7H2,1-2H3,(H2,18,19,23)/t8-/m1/s1. The number of nitrogens with zero attached hydrogens (tertiary/aromatic N) is 1. The third kappa shape index (κ3) is 4.73. The molecule has 0 fully saturated rings. The summed E-state index contributed by atoms with van der Waals surface area (Å²) in [6.07, 6.45) is 0. The SMILES string of the molecule is CCOC(=O)C1=C(COC(=O)c2cc([N+](=O)[O-])ccc2Cl)NC(=O)N[C@@H]1C. The fourth-order valence-corrected chi connectivity index (χ4v) is 2.59. The first-order valence-corrected chi connectivity index (χ1v) is 8.21. The Bertz CT molecular complexity index is 837. The Morgan fingerprint density at radius 2 is 2.00 bits per heavy atom. The first-order chi connectivity index (χ1) is 12.7. The highest BCUT2D eigenvalue weighted by Crippen LogP contribution is 2.23. The lowest BCUT2D eigenvalue weighted by molar-refractivity contribution is -0.384. The maximum atomic E-state index is 12.3. The summed E-state index contributed by atoms with van der Waals surface area (Å²) in [6.45, 7) is 2.87. The summed E-state index contributed by atoms with van der Waals surface area (Å²) in [5, 5.41) is 15.7. The van der Waals surface area contributed by atoms with E-state index in [-0.39, 0.29) is 34.2 Å². The monoisotopic (exact) mass is 397 g/mol. The zero-order chi connectivity index (χ0) is 20.1. The fraction of sp³-hybridized carbons (Fsp3) is 0.312. The van der Waals surface area contributed by atoms with Crippen molar-refractivity contribution < 1.29 is 28.8 Å². The van der Waals surface area contributed by atoms with Crippen molar-refractivity contribution in [3.8, 4) is 0 Å². The Morgan fingerprint density at radius 1 is 1.30 bits per heavy atom. The number of hydrogen-bond acceptors (Lipinski definition) is 7. The average Bonchev–Trinajstić information content (AvgIpc) is 2.59. The van der Waals surface area contributed by atoms with Crippen molar-refractivity contribution >= 4 is 35.3 Å². The Hall–Kier alpha value is -3.14. The van der Waals surface area contributed by atoms with E-state index in [1.165, 1.54) is 6.07 Å². The average molecular weight is 398 g/mol. The normalized spacial score (nSPS) is 16.3. The summed E-state index contributed by atoms with van der Waals surface area (Å²) < 4.78 is 10.0. The maximum absolute atomic E-state index is 12.3. The van der Waals surface area contributed by atoms with Gasteiger partial charge in [0, 0.05) is 12.1 Å².